The Morgan fingerprint density at radius 2 is 2.12 bits per heavy atom. The van der Waals surface area contributed by atoms with Crippen molar-refractivity contribution in [2.24, 2.45) is 12.0 Å². The highest BCUT2D eigenvalue weighted by Crippen LogP contribution is 2.20. The van der Waals surface area contributed by atoms with Gasteiger partial charge in [0.15, 0.2) is 11.8 Å². The zero-order valence-corrected chi connectivity index (χ0v) is 17.2. The number of aromatic nitrogens is 3. The van der Waals surface area contributed by atoms with E-state index in [1.807, 2.05) is 11.6 Å². The number of aryl methyl sites for hydroxylation is 1. The van der Waals surface area contributed by atoms with Gasteiger partial charge in [0.2, 0.25) is 0 Å². The lowest BCUT2D eigenvalue weighted by molar-refractivity contribution is 0.0277. The Kier molecular flexibility index (Phi) is 11.0. The van der Waals surface area contributed by atoms with E-state index < -0.39 is 0 Å². The molecule has 0 saturated heterocycles. The van der Waals surface area contributed by atoms with Crippen LogP contribution in [0.2, 0.25) is 0 Å². The van der Waals surface area contributed by atoms with Gasteiger partial charge in [-0.05, 0) is 26.2 Å². The van der Waals surface area contributed by atoms with E-state index >= 15 is 0 Å². The van der Waals surface area contributed by atoms with Crippen LogP contribution in [0, 0.1) is 0 Å². The van der Waals surface area contributed by atoms with Gasteiger partial charge in [0, 0.05) is 26.7 Å². The zero-order chi connectivity index (χ0) is 16.3. The summed E-state index contributed by atoms with van der Waals surface area (Å²) in [5.41, 5.74) is 0. The molecule has 0 unspecified atom stereocenters. The fraction of sp³-hybridized carbons (Fsp3) is 0.812. The number of ether oxygens (including phenoxy) is 1. The van der Waals surface area contributed by atoms with Gasteiger partial charge in [-0.25, -0.2) is 4.99 Å². The predicted octanol–water partition coefficient (Wildman–Crippen LogP) is 2.23. The van der Waals surface area contributed by atoms with E-state index in [1.54, 1.807) is 6.33 Å². The number of nitrogens with one attached hydrogen (secondary N) is 2. The molecule has 0 bridgehead atoms. The van der Waals surface area contributed by atoms with Crippen LogP contribution in [0.4, 0.5) is 0 Å². The second kappa shape index (κ2) is 12.5. The topological polar surface area (TPSA) is 76.4 Å². The number of hydrogen-bond acceptors (Lipinski definition) is 4. The molecule has 1 fully saturated rings. The first-order valence-corrected chi connectivity index (χ1v) is 8.76. The molecule has 1 aromatic rings. The number of hydrogen-bond donors (Lipinski definition) is 2. The minimum Gasteiger partial charge on any atom is -0.378 e. The van der Waals surface area contributed by atoms with Gasteiger partial charge in [-0.1, -0.05) is 19.3 Å². The molecule has 0 amide bonds. The lowest BCUT2D eigenvalue weighted by atomic mass is 9.98. The molecule has 0 spiro atoms. The molecule has 24 heavy (non-hydrogen) atoms. The first kappa shape index (κ1) is 21.1. The normalized spacial score (nSPS) is 15.8. The summed E-state index contributed by atoms with van der Waals surface area (Å²) in [5.74, 6) is 1.66. The third-order valence-corrected chi connectivity index (χ3v) is 4.05. The third-order valence-electron chi connectivity index (χ3n) is 4.05. The van der Waals surface area contributed by atoms with Crippen LogP contribution in [-0.4, -0.2) is 46.5 Å². The van der Waals surface area contributed by atoms with E-state index in [0.717, 1.165) is 37.9 Å². The summed E-state index contributed by atoms with van der Waals surface area (Å²) < 4.78 is 7.82. The Hall–Kier alpha value is -0.900. The highest BCUT2D eigenvalue weighted by Gasteiger charge is 2.12. The zero-order valence-electron chi connectivity index (χ0n) is 14.8. The maximum atomic E-state index is 5.94. The lowest BCUT2D eigenvalue weighted by Gasteiger charge is -2.22. The van der Waals surface area contributed by atoms with E-state index in [1.165, 1.54) is 32.1 Å². The van der Waals surface area contributed by atoms with Crippen molar-refractivity contribution in [3.8, 4) is 0 Å². The van der Waals surface area contributed by atoms with Crippen molar-refractivity contribution in [2.75, 3.05) is 19.7 Å². The van der Waals surface area contributed by atoms with Gasteiger partial charge in [0.25, 0.3) is 0 Å². The third kappa shape index (κ3) is 7.78. The largest absolute Gasteiger partial charge is 0.378 e. The van der Waals surface area contributed by atoms with Gasteiger partial charge < -0.3 is 19.9 Å². The number of halogens is 1. The summed E-state index contributed by atoms with van der Waals surface area (Å²) >= 11 is 0. The molecule has 1 saturated carbocycles. The minimum absolute atomic E-state index is 0. The summed E-state index contributed by atoms with van der Waals surface area (Å²) in [6.45, 7) is 5.09. The number of aliphatic imine (C=N–C) groups is 1. The van der Waals surface area contributed by atoms with Crippen LogP contribution in [0.1, 0.15) is 51.3 Å². The minimum atomic E-state index is 0. The quantitative estimate of drug-likeness (QED) is 0.275. The van der Waals surface area contributed by atoms with Crippen molar-refractivity contribution in [2.45, 2.75) is 58.1 Å². The van der Waals surface area contributed by atoms with E-state index in [2.05, 4.69) is 32.7 Å². The average Bonchev–Trinajstić information content (AvgIpc) is 2.98. The fourth-order valence-corrected chi connectivity index (χ4v) is 2.70. The van der Waals surface area contributed by atoms with E-state index in [4.69, 9.17) is 4.74 Å². The van der Waals surface area contributed by atoms with Crippen LogP contribution >= 0.6 is 24.0 Å². The van der Waals surface area contributed by atoms with Gasteiger partial charge in [-0.2, -0.15) is 0 Å². The summed E-state index contributed by atoms with van der Waals surface area (Å²) in [4.78, 5) is 4.53. The summed E-state index contributed by atoms with van der Waals surface area (Å²) in [5, 5.41) is 14.5. The van der Waals surface area contributed by atoms with Gasteiger partial charge >= 0.3 is 0 Å². The highest BCUT2D eigenvalue weighted by atomic mass is 127. The fourth-order valence-electron chi connectivity index (χ4n) is 2.70. The molecule has 7 nitrogen and oxygen atoms in total. The lowest BCUT2D eigenvalue weighted by Crippen LogP contribution is -2.38. The van der Waals surface area contributed by atoms with Crippen LogP contribution < -0.4 is 10.6 Å². The number of nitrogens with zero attached hydrogens (tertiary/aromatic N) is 4. The van der Waals surface area contributed by atoms with Crippen molar-refractivity contribution < 1.29 is 4.74 Å². The molecule has 1 aromatic heterocycles. The van der Waals surface area contributed by atoms with Crippen molar-refractivity contribution >= 4 is 29.9 Å². The molecule has 1 aliphatic carbocycles. The average molecular weight is 450 g/mol. The van der Waals surface area contributed by atoms with E-state index in [0.29, 0.717) is 12.6 Å². The van der Waals surface area contributed by atoms with Crippen LogP contribution in [0.25, 0.3) is 0 Å². The molecule has 0 aliphatic heterocycles. The highest BCUT2D eigenvalue weighted by molar-refractivity contribution is 14.0. The summed E-state index contributed by atoms with van der Waals surface area (Å²) in [7, 11) is 1.92. The van der Waals surface area contributed by atoms with Crippen LogP contribution in [0.15, 0.2) is 11.3 Å². The maximum absolute atomic E-state index is 5.94. The van der Waals surface area contributed by atoms with Gasteiger partial charge in [0.05, 0.1) is 6.10 Å². The van der Waals surface area contributed by atoms with E-state index in [-0.39, 0.29) is 24.0 Å². The van der Waals surface area contributed by atoms with Crippen molar-refractivity contribution in [1.82, 2.24) is 25.4 Å². The second-order valence-corrected chi connectivity index (χ2v) is 5.96. The summed E-state index contributed by atoms with van der Waals surface area (Å²) in [6, 6.07) is 0. The molecule has 1 heterocycles. The van der Waals surface area contributed by atoms with Crippen molar-refractivity contribution in [3.63, 3.8) is 0 Å². The number of guanidine groups is 1. The Balaban J connectivity index is 0.00000288. The first-order chi connectivity index (χ1) is 11.3. The molecule has 0 aromatic carbocycles. The molecule has 2 N–H and O–H groups in total. The molecule has 2 rings (SSSR count). The Labute approximate surface area is 162 Å². The van der Waals surface area contributed by atoms with Gasteiger partial charge in [-0.15, -0.1) is 34.2 Å². The summed E-state index contributed by atoms with van der Waals surface area (Å²) in [6.07, 6.45) is 9.64. The predicted molar refractivity (Wildman–Crippen MR) is 107 cm³/mol. The van der Waals surface area contributed by atoms with Crippen molar-refractivity contribution in [3.05, 3.63) is 12.2 Å². The van der Waals surface area contributed by atoms with Crippen LogP contribution in [-0.2, 0) is 18.3 Å². The van der Waals surface area contributed by atoms with Gasteiger partial charge in [0.1, 0.15) is 12.9 Å². The van der Waals surface area contributed by atoms with E-state index in [9.17, 15) is 0 Å². The molecule has 0 atom stereocenters. The first-order valence-electron chi connectivity index (χ1n) is 8.76. The SMILES string of the molecule is CCNC(=NCc1nncn1C)NCCCOC1CCCCC1.I. The Bertz CT molecular complexity index is 473. The van der Waals surface area contributed by atoms with Crippen molar-refractivity contribution in [1.29, 1.82) is 0 Å². The van der Waals surface area contributed by atoms with Crippen LogP contribution in [0.5, 0.6) is 0 Å². The monoisotopic (exact) mass is 450 g/mol. The smallest absolute Gasteiger partial charge is 0.191 e. The standard InChI is InChI=1S/C16H30N6O.HI/c1-3-17-16(19-12-15-21-20-13-22(15)2)18-10-7-11-23-14-8-5-4-6-9-14;/h13-14H,3-12H2,1-2H3,(H2,17,18,19);1H. The van der Waals surface area contributed by atoms with Gasteiger partial charge in [-0.3, -0.25) is 0 Å². The Morgan fingerprint density at radius 3 is 2.79 bits per heavy atom. The molecule has 138 valence electrons. The molecule has 1 aliphatic rings. The maximum Gasteiger partial charge on any atom is 0.191 e. The molecular weight excluding hydrogens is 419 g/mol. The molecule has 8 heteroatoms. The molecule has 0 radical (unpaired) electrons. The second-order valence-electron chi connectivity index (χ2n) is 5.96. The Morgan fingerprint density at radius 1 is 1.33 bits per heavy atom. The number of rotatable bonds is 8. The molecular formula is C16H31IN6O. The van der Waals surface area contributed by atoms with Crippen LogP contribution in [0.3, 0.4) is 0 Å².